The van der Waals surface area contributed by atoms with Crippen molar-refractivity contribution in [2.24, 2.45) is 4.99 Å². The summed E-state index contributed by atoms with van der Waals surface area (Å²) in [5.41, 5.74) is 11.6. The van der Waals surface area contributed by atoms with Crippen LogP contribution in [0.25, 0.3) is 17.5 Å². The number of aromatic nitrogens is 2. The first-order valence-corrected chi connectivity index (χ1v) is 10.4. The quantitative estimate of drug-likeness (QED) is 0.412. The molecule has 1 aliphatic heterocycles. The van der Waals surface area contributed by atoms with E-state index in [9.17, 15) is 0 Å². The molecule has 1 aliphatic rings. The lowest BCUT2D eigenvalue weighted by molar-refractivity contribution is 0.122. The van der Waals surface area contributed by atoms with Crippen LogP contribution in [-0.4, -0.2) is 49.1 Å². The lowest BCUT2D eigenvalue weighted by atomic mass is 10.1. The number of nitrogens with one attached hydrogen (secondary N) is 2. The van der Waals surface area contributed by atoms with Crippen LogP contribution in [0.1, 0.15) is 5.56 Å². The normalized spacial score (nSPS) is 14.3. The molecule has 1 aromatic heterocycles. The first-order chi connectivity index (χ1) is 15.6. The minimum absolute atomic E-state index is 0.530. The maximum atomic E-state index is 7.45. The van der Waals surface area contributed by atoms with Crippen molar-refractivity contribution < 1.29 is 4.74 Å². The Morgan fingerprint density at radius 3 is 2.56 bits per heavy atom. The molecule has 0 atom stereocenters. The fourth-order valence-corrected chi connectivity index (χ4v) is 3.68. The van der Waals surface area contributed by atoms with Gasteiger partial charge in [0.25, 0.3) is 0 Å². The van der Waals surface area contributed by atoms with Gasteiger partial charge in [-0.15, -0.1) is 0 Å². The first-order valence-electron chi connectivity index (χ1n) is 10.4. The summed E-state index contributed by atoms with van der Waals surface area (Å²) in [6, 6.07) is 13.8. The van der Waals surface area contributed by atoms with Gasteiger partial charge in [-0.05, 0) is 30.3 Å². The maximum absolute atomic E-state index is 7.45. The van der Waals surface area contributed by atoms with Gasteiger partial charge in [0.1, 0.15) is 0 Å². The van der Waals surface area contributed by atoms with E-state index in [4.69, 9.17) is 20.9 Å². The van der Waals surface area contributed by atoms with Crippen LogP contribution in [0.5, 0.6) is 0 Å². The third-order valence-electron chi connectivity index (χ3n) is 5.40. The summed E-state index contributed by atoms with van der Waals surface area (Å²) < 4.78 is 7.26. The highest BCUT2D eigenvalue weighted by Crippen LogP contribution is 2.24. The summed E-state index contributed by atoms with van der Waals surface area (Å²) in [5, 5.41) is 10.8. The molecule has 0 unspecified atom stereocenters. The summed E-state index contributed by atoms with van der Waals surface area (Å²) in [5.74, 6) is 0.610. The third kappa shape index (κ3) is 4.40. The number of rotatable bonds is 6. The van der Waals surface area contributed by atoms with E-state index in [1.165, 1.54) is 11.9 Å². The molecule has 3 aromatic rings. The van der Waals surface area contributed by atoms with Gasteiger partial charge in [0, 0.05) is 66.9 Å². The molecule has 2 aromatic carbocycles. The lowest BCUT2D eigenvalue weighted by Crippen LogP contribution is -2.36. The van der Waals surface area contributed by atoms with E-state index in [2.05, 4.69) is 33.9 Å². The Labute approximate surface area is 187 Å². The molecule has 8 nitrogen and oxygen atoms in total. The molecule has 8 heteroatoms. The number of anilines is 4. The molecule has 0 saturated carbocycles. The average Bonchev–Trinajstić information content (AvgIpc) is 2.84. The van der Waals surface area contributed by atoms with Crippen LogP contribution in [0.3, 0.4) is 0 Å². The summed E-state index contributed by atoms with van der Waals surface area (Å²) in [6.45, 7) is 7.21. The number of hydrogen-bond donors (Lipinski definition) is 3. The van der Waals surface area contributed by atoms with Crippen molar-refractivity contribution in [1.29, 1.82) is 5.41 Å². The molecule has 2 heterocycles. The van der Waals surface area contributed by atoms with E-state index < -0.39 is 0 Å². The van der Waals surface area contributed by atoms with Crippen LogP contribution in [-0.2, 0) is 4.74 Å². The Balaban J connectivity index is 1.68. The number of benzene rings is 2. The van der Waals surface area contributed by atoms with Crippen LogP contribution in [0, 0.1) is 5.41 Å². The molecule has 0 radical (unpaired) electrons. The van der Waals surface area contributed by atoms with Gasteiger partial charge in [-0.2, -0.15) is 0 Å². The summed E-state index contributed by atoms with van der Waals surface area (Å²) in [4.78, 5) is 11.5. The number of nitrogens with two attached hydrogens (primary N) is 1. The van der Waals surface area contributed by atoms with Crippen LogP contribution >= 0.6 is 0 Å². The van der Waals surface area contributed by atoms with Crippen molar-refractivity contribution in [3.05, 3.63) is 66.3 Å². The molecule has 32 heavy (non-hydrogen) atoms. The number of nitrogens with zero attached hydrogens (tertiary/aromatic N) is 4. The largest absolute Gasteiger partial charge is 0.398 e. The molecule has 0 bridgehead atoms. The summed E-state index contributed by atoms with van der Waals surface area (Å²) in [7, 11) is 1.72. The van der Waals surface area contributed by atoms with Gasteiger partial charge >= 0.3 is 0 Å². The van der Waals surface area contributed by atoms with Crippen molar-refractivity contribution in [2.75, 3.05) is 49.3 Å². The SMILES string of the molecule is C=Cn1cc(-c2ccc(C=N)c(N)c2)nc(Nc2ccc(N3CCOCC3)cc2)c1=NC. The Morgan fingerprint density at radius 2 is 1.94 bits per heavy atom. The predicted octanol–water partition coefficient (Wildman–Crippen LogP) is 3.34. The smallest absolute Gasteiger partial charge is 0.175 e. The molecular weight excluding hydrogens is 402 g/mol. The Bertz CT molecular complexity index is 1190. The first kappa shape index (κ1) is 21.3. The second-order valence-electron chi connectivity index (χ2n) is 7.37. The highest BCUT2D eigenvalue weighted by Gasteiger charge is 2.12. The van der Waals surface area contributed by atoms with Gasteiger partial charge in [0.05, 0.1) is 18.9 Å². The maximum Gasteiger partial charge on any atom is 0.175 e. The van der Waals surface area contributed by atoms with Crippen molar-refractivity contribution in [1.82, 2.24) is 9.55 Å². The molecule has 1 saturated heterocycles. The third-order valence-corrected chi connectivity index (χ3v) is 5.40. The summed E-state index contributed by atoms with van der Waals surface area (Å²) in [6.07, 6.45) is 4.79. The Morgan fingerprint density at radius 1 is 1.19 bits per heavy atom. The Hall–Kier alpha value is -3.91. The van der Waals surface area contributed by atoms with E-state index in [-0.39, 0.29) is 0 Å². The molecule has 1 fully saturated rings. The summed E-state index contributed by atoms with van der Waals surface area (Å²) >= 11 is 0. The molecule has 0 aliphatic carbocycles. The van der Waals surface area contributed by atoms with Crippen molar-refractivity contribution in [2.45, 2.75) is 0 Å². The van der Waals surface area contributed by atoms with Crippen LogP contribution < -0.4 is 21.4 Å². The number of nitrogen functional groups attached to an aromatic ring is 1. The lowest BCUT2D eigenvalue weighted by Gasteiger charge is -2.28. The fourth-order valence-electron chi connectivity index (χ4n) is 3.68. The van der Waals surface area contributed by atoms with Gasteiger partial charge in [-0.3, -0.25) is 4.99 Å². The van der Waals surface area contributed by atoms with Gasteiger partial charge in [-0.25, -0.2) is 4.98 Å². The Kier molecular flexibility index (Phi) is 6.32. The van der Waals surface area contributed by atoms with E-state index in [0.717, 1.165) is 37.6 Å². The number of morpholine rings is 1. The van der Waals surface area contributed by atoms with Crippen molar-refractivity contribution in [3.63, 3.8) is 0 Å². The molecule has 0 amide bonds. The van der Waals surface area contributed by atoms with E-state index in [1.807, 2.05) is 41.1 Å². The van der Waals surface area contributed by atoms with Gasteiger partial charge in [0.2, 0.25) is 0 Å². The van der Waals surface area contributed by atoms with Crippen LogP contribution in [0.2, 0.25) is 0 Å². The average molecular weight is 430 g/mol. The second kappa shape index (κ2) is 9.49. The number of ether oxygens (including phenoxy) is 1. The zero-order chi connectivity index (χ0) is 22.5. The number of hydrogen-bond acceptors (Lipinski definition) is 7. The predicted molar refractivity (Wildman–Crippen MR) is 131 cm³/mol. The van der Waals surface area contributed by atoms with Crippen LogP contribution in [0.4, 0.5) is 22.9 Å². The van der Waals surface area contributed by atoms with E-state index in [1.54, 1.807) is 13.2 Å². The standard InChI is InChI=1S/C24H27N7O/c1-3-30-16-22(17-4-5-18(15-25)21(26)14-17)29-23(24(30)27-2)28-19-6-8-20(9-7-19)31-10-12-32-13-11-31/h3-9,14-16,25H,1,10-13,26H2,2H3,(H,28,29). The molecular formula is C24H27N7O. The highest BCUT2D eigenvalue weighted by atomic mass is 16.5. The zero-order valence-electron chi connectivity index (χ0n) is 18.1. The minimum atomic E-state index is 0.530. The fraction of sp³-hybridized carbons (Fsp3) is 0.208. The van der Waals surface area contributed by atoms with Crippen LogP contribution in [0.15, 0.2) is 60.2 Å². The van der Waals surface area contributed by atoms with E-state index >= 15 is 0 Å². The van der Waals surface area contributed by atoms with E-state index in [0.29, 0.717) is 28.3 Å². The zero-order valence-corrected chi connectivity index (χ0v) is 18.1. The van der Waals surface area contributed by atoms with Crippen molar-refractivity contribution in [3.8, 4) is 11.3 Å². The van der Waals surface area contributed by atoms with Gasteiger partial charge < -0.3 is 30.7 Å². The molecule has 4 N–H and O–H groups in total. The minimum Gasteiger partial charge on any atom is -0.398 e. The van der Waals surface area contributed by atoms with Gasteiger partial charge in [0.15, 0.2) is 11.3 Å². The second-order valence-corrected chi connectivity index (χ2v) is 7.37. The monoisotopic (exact) mass is 429 g/mol. The van der Waals surface area contributed by atoms with Gasteiger partial charge in [-0.1, -0.05) is 18.7 Å². The molecule has 4 rings (SSSR count). The molecule has 0 spiro atoms. The molecule has 164 valence electrons. The highest BCUT2D eigenvalue weighted by molar-refractivity contribution is 5.86. The van der Waals surface area contributed by atoms with Crippen molar-refractivity contribution >= 4 is 35.3 Å². The topological polar surface area (TPSA) is 105 Å².